The lowest BCUT2D eigenvalue weighted by Gasteiger charge is -2.06. The highest BCUT2D eigenvalue weighted by atomic mass is 16.1. The van der Waals surface area contributed by atoms with E-state index >= 15 is 0 Å². The Morgan fingerprint density at radius 1 is 1.00 bits per heavy atom. The monoisotopic (exact) mass is 270 g/mol. The Kier molecular flexibility index (Phi) is 5.67. The quantitative estimate of drug-likeness (QED) is 0.744. The number of carbonyl (C=O) groups excluding carboxylic acids is 1. The Labute approximate surface area is 118 Å². The SMILES string of the molecule is O=C(CCNCc1cccnc1)NCc1cccnc1. The zero-order chi connectivity index (χ0) is 14.0. The smallest absolute Gasteiger partial charge is 0.221 e. The van der Waals surface area contributed by atoms with Gasteiger partial charge in [-0.25, -0.2) is 0 Å². The van der Waals surface area contributed by atoms with Crippen LogP contribution in [0.2, 0.25) is 0 Å². The maximum absolute atomic E-state index is 11.6. The van der Waals surface area contributed by atoms with Gasteiger partial charge in [0.25, 0.3) is 0 Å². The normalized spacial score (nSPS) is 10.2. The van der Waals surface area contributed by atoms with Crippen LogP contribution in [0.4, 0.5) is 0 Å². The van der Waals surface area contributed by atoms with Crippen molar-refractivity contribution in [3.05, 3.63) is 60.2 Å². The molecular formula is C15H18N4O. The lowest BCUT2D eigenvalue weighted by Crippen LogP contribution is -2.27. The van der Waals surface area contributed by atoms with Gasteiger partial charge >= 0.3 is 0 Å². The standard InChI is InChI=1S/C15H18N4O/c20-15(19-12-14-4-2-7-17-11-14)5-8-18-10-13-3-1-6-16-9-13/h1-4,6-7,9,11,18H,5,8,10,12H2,(H,19,20). The average molecular weight is 270 g/mol. The Morgan fingerprint density at radius 3 is 2.25 bits per heavy atom. The van der Waals surface area contributed by atoms with Crippen molar-refractivity contribution in [2.45, 2.75) is 19.5 Å². The Bertz CT molecular complexity index is 516. The molecule has 5 nitrogen and oxygen atoms in total. The van der Waals surface area contributed by atoms with E-state index in [9.17, 15) is 4.79 Å². The van der Waals surface area contributed by atoms with Gasteiger partial charge in [0.1, 0.15) is 0 Å². The second-order valence-electron chi connectivity index (χ2n) is 4.43. The first-order valence-corrected chi connectivity index (χ1v) is 6.60. The number of pyridine rings is 2. The summed E-state index contributed by atoms with van der Waals surface area (Å²) in [6.45, 7) is 1.90. The molecule has 2 heterocycles. The molecule has 0 aromatic carbocycles. The van der Waals surface area contributed by atoms with E-state index in [0.29, 0.717) is 19.5 Å². The van der Waals surface area contributed by atoms with Gasteiger partial charge in [0, 0.05) is 50.8 Å². The number of rotatable bonds is 7. The summed E-state index contributed by atoms with van der Waals surface area (Å²) in [6.07, 6.45) is 7.49. The number of carbonyl (C=O) groups is 1. The molecule has 1 amide bonds. The topological polar surface area (TPSA) is 66.9 Å². The minimum atomic E-state index is 0.0348. The van der Waals surface area contributed by atoms with Crippen molar-refractivity contribution < 1.29 is 4.79 Å². The minimum absolute atomic E-state index is 0.0348. The molecule has 2 rings (SSSR count). The predicted molar refractivity (Wildman–Crippen MR) is 76.6 cm³/mol. The van der Waals surface area contributed by atoms with Gasteiger partial charge in [0.15, 0.2) is 0 Å². The lowest BCUT2D eigenvalue weighted by atomic mass is 10.2. The number of nitrogens with one attached hydrogen (secondary N) is 2. The fourth-order valence-corrected chi connectivity index (χ4v) is 1.73. The third-order valence-corrected chi connectivity index (χ3v) is 2.79. The van der Waals surface area contributed by atoms with Gasteiger partial charge in [-0.2, -0.15) is 0 Å². The van der Waals surface area contributed by atoms with E-state index < -0.39 is 0 Å². The van der Waals surface area contributed by atoms with Crippen LogP contribution in [0.5, 0.6) is 0 Å². The molecule has 2 aromatic heterocycles. The molecule has 0 atom stereocenters. The van der Waals surface area contributed by atoms with Crippen LogP contribution in [0.25, 0.3) is 0 Å². The third kappa shape index (κ3) is 5.16. The second-order valence-corrected chi connectivity index (χ2v) is 4.43. The Hall–Kier alpha value is -2.27. The van der Waals surface area contributed by atoms with Gasteiger partial charge in [-0.1, -0.05) is 12.1 Å². The number of amides is 1. The zero-order valence-corrected chi connectivity index (χ0v) is 11.2. The maximum atomic E-state index is 11.6. The van der Waals surface area contributed by atoms with E-state index in [1.165, 1.54) is 0 Å². The van der Waals surface area contributed by atoms with Gasteiger partial charge in [-0.15, -0.1) is 0 Å². The third-order valence-electron chi connectivity index (χ3n) is 2.79. The first kappa shape index (κ1) is 14.1. The fourth-order valence-electron chi connectivity index (χ4n) is 1.73. The average Bonchev–Trinajstić information content (AvgIpc) is 2.52. The Balaban J connectivity index is 1.59. The summed E-state index contributed by atoms with van der Waals surface area (Å²) in [7, 11) is 0. The molecule has 0 spiro atoms. The van der Waals surface area contributed by atoms with Crippen molar-refractivity contribution in [3.8, 4) is 0 Å². The summed E-state index contributed by atoms with van der Waals surface area (Å²) in [5, 5.41) is 6.08. The van der Waals surface area contributed by atoms with Gasteiger partial charge in [-0.3, -0.25) is 14.8 Å². The Morgan fingerprint density at radius 2 is 1.65 bits per heavy atom. The van der Waals surface area contributed by atoms with Crippen LogP contribution in [-0.2, 0) is 17.9 Å². The molecule has 20 heavy (non-hydrogen) atoms. The molecule has 0 fully saturated rings. The fraction of sp³-hybridized carbons (Fsp3) is 0.267. The van der Waals surface area contributed by atoms with Crippen molar-refractivity contribution in [1.82, 2.24) is 20.6 Å². The van der Waals surface area contributed by atoms with Crippen molar-refractivity contribution >= 4 is 5.91 Å². The van der Waals surface area contributed by atoms with Crippen molar-refractivity contribution in [3.63, 3.8) is 0 Å². The molecule has 0 radical (unpaired) electrons. The summed E-state index contributed by atoms with van der Waals surface area (Å²) < 4.78 is 0. The van der Waals surface area contributed by atoms with Crippen molar-refractivity contribution in [2.24, 2.45) is 0 Å². The summed E-state index contributed by atoms with van der Waals surface area (Å²) in [5.41, 5.74) is 2.12. The summed E-state index contributed by atoms with van der Waals surface area (Å²) in [6, 6.07) is 7.70. The second kappa shape index (κ2) is 8.01. The number of hydrogen-bond donors (Lipinski definition) is 2. The largest absolute Gasteiger partial charge is 0.352 e. The molecule has 5 heteroatoms. The van der Waals surface area contributed by atoms with Gasteiger partial charge in [0.2, 0.25) is 5.91 Å². The molecule has 104 valence electrons. The highest BCUT2D eigenvalue weighted by Crippen LogP contribution is 1.96. The lowest BCUT2D eigenvalue weighted by molar-refractivity contribution is -0.121. The highest BCUT2D eigenvalue weighted by molar-refractivity contribution is 5.76. The van der Waals surface area contributed by atoms with Crippen LogP contribution in [0.1, 0.15) is 17.5 Å². The van der Waals surface area contributed by atoms with E-state index in [-0.39, 0.29) is 5.91 Å². The molecule has 0 aliphatic rings. The van der Waals surface area contributed by atoms with Gasteiger partial charge in [-0.05, 0) is 23.3 Å². The number of aromatic nitrogens is 2. The van der Waals surface area contributed by atoms with E-state index in [2.05, 4.69) is 20.6 Å². The summed E-state index contributed by atoms with van der Waals surface area (Å²) in [5.74, 6) is 0.0348. The van der Waals surface area contributed by atoms with Gasteiger partial charge in [0.05, 0.1) is 0 Å². The number of hydrogen-bond acceptors (Lipinski definition) is 4. The minimum Gasteiger partial charge on any atom is -0.352 e. The van der Waals surface area contributed by atoms with E-state index in [1.807, 2.05) is 30.5 Å². The highest BCUT2D eigenvalue weighted by Gasteiger charge is 2.01. The van der Waals surface area contributed by atoms with Crippen molar-refractivity contribution in [1.29, 1.82) is 0 Å². The molecule has 0 aliphatic heterocycles. The van der Waals surface area contributed by atoms with Crippen LogP contribution < -0.4 is 10.6 Å². The molecule has 0 bridgehead atoms. The molecule has 0 unspecified atom stereocenters. The van der Waals surface area contributed by atoms with E-state index in [1.54, 1.807) is 18.6 Å². The van der Waals surface area contributed by atoms with E-state index in [0.717, 1.165) is 17.7 Å². The molecule has 0 saturated carbocycles. The van der Waals surface area contributed by atoms with Crippen LogP contribution in [0.3, 0.4) is 0 Å². The maximum Gasteiger partial charge on any atom is 0.221 e. The molecule has 0 saturated heterocycles. The van der Waals surface area contributed by atoms with Crippen LogP contribution in [0, 0.1) is 0 Å². The van der Waals surface area contributed by atoms with Crippen LogP contribution >= 0.6 is 0 Å². The summed E-state index contributed by atoms with van der Waals surface area (Å²) in [4.78, 5) is 19.7. The summed E-state index contributed by atoms with van der Waals surface area (Å²) >= 11 is 0. The first-order chi connectivity index (χ1) is 9.84. The number of nitrogens with zero attached hydrogens (tertiary/aromatic N) is 2. The molecule has 2 aromatic rings. The molecule has 0 aliphatic carbocycles. The van der Waals surface area contributed by atoms with Crippen LogP contribution in [-0.4, -0.2) is 22.4 Å². The predicted octanol–water partition coefficient (Wildman–Crippen LogP) is 1.27. The van der Waals surface area contributed by atoms with Crippen molar-refractivity contribution in [2.75, 3.05) is 6.54 Å². The van der Waals surface area contributed by atoms with Gasteiger partial charge < -0.3 is 10.6 Å². The van der Waals surface area contributed by atoms with E-state index in [4.69, 9.17) is 0 Å². The zero-order valence-electron chi connectivity index (χ0n) is 11.2. The molecule has 2 N–H and O–H groups in total. The molecular weight excluding hydrogens is 252 g/mol. The van der Waals surface area contributed by atoms with Crippen LogP contribution in [0.15, 0.2) is 49.1 Å². The first-order valence-electron chi connectivity index (χ1n) is 6.60.